The molecule has 0 radical (unpaired) electrons. The molecule has 94 valence electrons. The van der Waals surface area contributed by atoms with E-state index in [9.17, 15) is 0 Å². The second-order valence-electron chi connectivity index (χ2n) is 5.09. The Hall–Kier alpha value is -1.09. The molecule has 0 unspecified atom stereocenters. The summed E-state index contributed by atoms with van der Waals surface area (Å²) in [5.41, 5.74) is 8.33. The van der Waals surface area contributed by atoms with Gasteiger partial charge >= 0.3 is 0 Å². The Labute approximate surface area is 104 Å². The van der Waals surface area contributed by atoms with E-state index in [1.165, 1.54) is 31.2 Å². The van der Waals surface area contributed by atoms with Crippen LogP contribution in [0, 0.1) is 6.92 Å². The molecule has 2 N–H and O–H groups in total. The third-order valence-corrected chi connectivity index (χ3v) is 3.56. The zero-order chi connectivity index (χ0) is 12.3. The number of hydrogen-bond acceptors (Lipinski definition) is 3. The Bertz CT molecular complexity index is 366. The van der Waals surface area contributed by atoms with E-state index in [-0.39, 0.29) is 6.04 Å². The van der Waals surface area contributed by atoms with Gasteiger partial charge in [0.25, 0.3) is 0 Å². The van der Waals surface area contributed by atoms with E-state index in [0.717, 1.165) is 24.5 Å². The quantitative estimate of drug-likeness (QED) is 0.854. The first-order chi connectivity index (χ1) is 8.18. The second kappa shape index (κ2) is 5.50. The SMILES string of the molecule is Cc1cc(N2CCCCCC2)ncc1[C@@H](C)N. The van der Waals surface area contributed by atoms with Gasteiger partial charge in [-0.05, 0) is 43.9 Å². The lowest BCUT2D eigenvalue weighted by atomic mass is 10.1. The molecule has 1 aliphatic rings. The van der Waals surface area contributed by atoms with Crippen molar-refractivity contribution in [1.82, 2.24) is 4.98 Å². The summed E-state index contributed by atoms with van der Waals surface area (Å²) in [6, 6.07) is 2.25. The first kappa shape index (κ1) is 12.4. The number of anilines is 1. The Morgan fingerprint density at radius 3 is 2.41 bits per heavy atom. The maximum Gasteiger partial charge on any atom is 0.128 e. The number of aromatic nitrogens is 1. The van der Waals surface area contributed by atoms with E-state index >= 15 is 0 Å². The molecule has 1 aromatic rings. The largest absolute Gasteiger partial charge is 0.357 e. The number of aryl methyl sites for hydroxylation is 1. The maximum absolute atomic E-state index is 5.91. The van der Waals surface area contributed by atoms with Gasteiger partial charge in [-0.2, -0.15) is 0 Å². The summed E-state index contributed by atoms with van der Waals surface area (Å²) in [5, 5.41) is 0. The number of pyridine rings is 1. The fraction of sp³-hybridized carbons (Fsp3) is 0.643. The van der Waals surface area contributed by atoms with Gasteiger partial charge in [0.05, 0.1) is 0 Å². The summed E-state index contributed by atoms with van der Waals surface area (Å²) in [6.07, 6.45) is 7.23. The topological polar surface area (TPSA) is 42.2 Å². The molecule has 0 aromatic carbocycles. The van der Waals surface area contributed by atoms with Gasteiger partial charge < -0.3 is 10.6 Å². The van der Waals surface area contributed by atoms with Crippen LogP contribution in [0.15, 0.2) is 12.3 Å². The number of hydrogen-bond donors (Lipinski definition) is 1. The van der Waals surface area contributed by atoms with Crippen LogP contribution in [0.1, 0.15) is 49.8 Å². The van der Waals surface area contributed by atoms with E-state index in [0.29, 0.717) is 0 Å². The van der Waals surface area contributed by atoms with Crippen molar-refractivity contribution in [1.29, 1.82) is 0 Å². The van der Waals surface area contributed by atoms with Crippen LogP contribution < -0.4 is 10.6 Å². The molecule has 1 atom stereocenters. The lowest BCUT2D eigenvalue weighted by Gasteiger charge is -2.22. The van der Waals surface area contributed by atoms with Crippen molar-refractivity contribution in [3.05, 3.63) is 23.4 Å². The predicted molar refractivity (Wildman–Crippen MR) is 72.3 cm³/mol. The molecule has 3 heteroatoms. The lowest BCUT2D eigenvalue weighted by molar-refractivity contribution is 0.726. The van der Waals surface area contributed by atoms with E-state index in [1.807, 2.05) is 13.1 Å². The molecule has 1 fully saturated rings. The van der Waals surface area contributed by atoms with Crippen molar-refractivity contribution < 1.29 is 0 Å². The first-order valence-electron chi connectivity index (χ1n) is 6.65. The fourth-order valence-corrected chi connectivity index (χ4v) is 2.50. The van der Waals surface area contributed by atoms with Gasteiger partial charge in [-0.25, -0.2) is 4.98 Å². The van der Waals surface area contributed by atoms with Gasteiger partial charge in [-0.1, -0.05) is 12.8 Å². The molecule has 0 bridgehead atoms. The summed E-state index contributed by atoms with van der Waals surface area (Å²) in [7, 11) is 0. The molecule has 2 rings (SSSR count). The summed E-state index contributed by atoms with van der Waals surface area (Å²) in [5.74, 6) is 1.12. The third kappa shape index (κ3) is 2.97. The Balaban J connectivity index is 2.18. The van der Waals surface area contributed by atoms with Crippen LogP contribution in [-0.4, -0.2) is 18.1 Å². The molecular weight excluding hydrogens is 210 g/mol. The van der Waals surface area contributed by atoms with E-state index in [2.05, 4.69) is 22.9 Å². The van der Waals surface area contributed by atoms with Gasteiger partial charge in [-0.3, -0.25) is 0 Å². The predicted octanol–water partition coefficient (Wildman–Crippen LogP) is 2.79. The van der Waals surface area contributed by atoms with Gasteiger partial charge in [-0.15, -0.1) is 0 Å². The maximum atomic E-state index is 5.91. The second-order valence-corrected chi connectivity index (χ2v) is 5.09. The Morgan fingerprint density at radius 2 is 1.88 bits per heavy atom. The van der Waals surface area contributed by atoms with E-state index < -0.39 is 0 Å². The summed E-state index contributed by atoms with van der Waals surface area (Å²) in [6.45, 7) is 6.42. The smallest absolute Gasteiger partial charge is 0.128 e. The normalized spacial score (nSPS) is 18.9. The molecule has 2 heterocycles. The van der Waals surface area contributed by atoms with Crippen LogP contribution in [-0.2, 0) is 0 Å². The highest BCUT2D eigenvalue weighted by atomic mass is 15.2. The molecule has 0 aliphatic carbocycles. The van der Waals surface area contributed by atoms with Gasteiger partial charge in [0, 0.05) is 25.3 Å². The monoisotopic (exact) mass is 233 g/mol. The Kier molecular flexibility index (Phi) is 4.00. The van der Waals surface area contributed by atoms with Crippen molar-refractivity contribution in [2.75, 3.05) is 18.0 Å². The van der Waals surface area contributed by atoms with Crippen LogP contribution in [0.5, 0.6) is 0 Å². The minimum atomic E-state index is 0.0701. The average Bonchev–Trinajstić information content (AvgIpc) is 2.56. The standard InChI is InChI=1S/C14H23N3/c1-11-9-14(16-10-13(11)12(2)15)17-7-5-3-4-6-8-17/h9-10,12H,3-8,15H2,1-2H3/t12-/m1/s1. The molecule has 1 saturated heterocycles. The number of rotatable bonds is 2. The van der Waals surface area contributed by atoms with Crippen molar-refractivity contribution in [3.63, 3.8) is 0 Å². The third-order valence-electron chi connectivity index (χ3n) is 3.56. The summed E-state index contributed by atoms with van der Waals surface area (Å²) < 4.78 is 0. The zero-order valence-corrected chi connectivity index (χ0v) is 10.9. The molecule has 17 heavy (non-hydrogen) atoms. The van der Waals surface area contributed by atoms with E-state index in [1.54, 1.807) is 0 Å². The first-order valence-corrected chi connectivity index (χ1v) is 6.65. The van der Waals surface area contributed by atoms with Crippen LogP contribution in [0.3, 0.4) is 0 Å². The van der Waals surface area contributed by atoms with Gasteiger partial charge in [0.1, 0.15) is 5.82 Å². The molecule has 3 nitrogen and oxygen atoms in total. The molecule has 1 aliphatic heterocycles. The summed E-state index contributed by atoms with van der Waals surface area (Å²) >= 11 is 0. The minimum Gasteiger partial charge on any atom is -0.357 e. The highest BCUT2D eigenvalue weighted by Crippen LogP contribution is 2.22. The number of nitrogens with zero attached hydrogens (tertiary/aromatic N) is 2. The number of nitrogens with two attached hydrogens (primary N) is 1. The van der Waals surface area contributed by atoms with Crippen LogP contribution in [0.4, 0.5) is 5.82 Å². The van der Waals surface area contributed by atoms with Crippen LogP contribution >= 0.6 is 0 Å². The van der Waals surface area contributed by atoms with Crippen molar-refractivity contribution in [2.24, 2.45) is 5.73 Å². The Morgan fingerprint density at radius 1 is 1.24 bits per heavy atom. The summed E-state index contributed by atoms with van der Waals surface area (Å²) in [4.78, 5) is 6.98. The average molecular weight is 233 g/mol. The molecule has 0 spiro atoms. The zero-order valence-electron chi connectivity index (χ0n) is 10.9. The fourth-order valence-electron chi connectivity index (χ4n) is 2.50. The van der Waals surface area contributed by atoms with E-state index in [4.69, 9.17) is 5.73 Å². The van der Waals surface area contributed by atoms with Crippen LogP contribution in [0.25, 0.3) is 0 Å². The molecule has 0 amide bonds. The van der Waals surface area contributed by atoms with Crippen molar-refractivity contribution in [2.45, 2.75) is 45.6 Å². The highest BCUT2D eigenvalue weighted by Gasteiger charge is 2.13. The van der Waals surface area contributed by atoms with Gasteiger partial charge in [0.2, 0.25) is 0 Å². The lowest BCUT2D eigenvalue weighted by Crippen LogP contribution is -2.25. The van der Waals surface area contributed by atoms with Crippen molar-refractivity contribution >= 4 is 5.82 Å². The van der Waals surface area contributed by atoms with Gasteiger partial charge in [0.15, 0.2) is 0 Å². The molecule has 0 saturated carbocycles. The van der Waals surface area contributed by atoms with Crippen molar-refractivity contribution in [3.8, 4) is 0 Å². The highest BCUT2D eigenvalue weighted by molar-refractivity contribution is 5.44. The molecule has 1 aromatic heterocycles. The molecular formula is C14H23N3. The van der Waals surface area contributed by atoms with Crippen LogP contribution in [0.2, 0.25) is 0 Å². The minimum absolute atomic E-state index is 0.0701.